The number of aryl methyl sites for hydroxylation is 1. The molecule has 0 spiro atoms. The first-order chi connectivity index (χ1) is 15.0. The summed E-state index contributed by atoms with van der Waals surface area (Å²) in [5.74, 6) is -2.31. The smallest absolute Gasteiger partial charge is 0.145 e. The molecule has 4 rings (SSSR count). The largest absolute Gasteiger partial charge is 0.206 e. The minimum absolute atomic E-state index is 0.123. The number of benzene rings is 4. The van der Waals surface area contributed by atoms with E-state index in [2.05, 4.69) is 19.1 Å². The van der Waals surface area contributed by atoms with Gasteiger partial charge in [0.25, 0.3) is 0 Å². The van der Waals surface area contributed by atoms with Crippen molar-refractivity contribution in [2.45, 2.75) is 45.4 Å². The molecule has 0 aliphatic carbocycles. The molecule has 0 heterocycles. The lowest BCUT2D eigenvalue weighted by Gasteiger charge is -2.11. The van der Waals surface area contributed by atoms with E-state index in [0.717, 1.165) is 34.7 Å². The van der Waals surface area contributed by atoms with Crippen LogP contribution in [0, 0.1) is 17.5 Å². The second-order valence-electron chi connectivity index (χ2n) is 8.06. The number of unbranched alkanes of at least 4 members (excludes halogenated alkanes) is 4. The maximum absolute atomic E-state index is 15.3. The molecule has 4 heteroatoms. The zero-order chi connectivity index (χ0) is 22.0. The third-order valence-corrected chi connectivity index (χ3v) is 6.24. The fraction of sp³-hybridized carbons (Fsp3) is 0.259. The van der Waals surface area contributed by atoms with Gasteiger partial charge in [-0.3, -0.25) is 0 Å². The maximum Gasteiger partial charge on any atom is 0.145 e. The van der Waals surface area contributed by atoms with Crippen molar-refractivity contribution in [2.24, 2.45) is 0 Å². The highest BCUT2D eigenvalue weighted by atomic mass is 35.5. The van der Waals surface area contributed by atoms with Crippen LogP contribution >= 0.6 is 11.6 Å². The van der Waals surface area contributed by atoms with Crippen LogP contribution in [-0.4, -0.2) is 0 Å². The van der Waals surface area contributed by atoms with Crippen LogP contribution in [0.2, 0.25) is 5.02 Å². The Morgan fingerprint density at radius 1 is 0.710 bits per heavy atom. The topological polar surface area (TPSA) is 0 Å². The van der Waals surface area contributed by atoms with E-state index in [-0.39, 0.29) is 11.1 Å². The molecule has 0 aliphatic heterocycles. The summed E-state index contributed by atoms with van der Waals surface area (Å²) in [5.41, 5.74) is 1.55. The van der Waals surface area contributed by atoms with Crippen LogP contribution in [0.1, 0.15) is 44.6 Å². The molecule has 160 valence electrons. The van der Waals surface area contributed by atoms with E-state index in [1.165, 1.54) is 37.7 Å². The van der Waals surface area contributed by atoms with E-state index in [1.807, 2.05) is 18.2 Å². The van der Waals surface area contributed by atoms with Gasteiger partial charge in [0, 0.05) is 10.9 Å². The number of hydrogen-bond acceptors (Lipinski definition) is 0. The first-order valence-electron chi connectivity index (χ1n) is 10.8. The molecule has 0 aromatic heterocycles. The monoisotopic (exact) mass is 440 g/mol. The highest BCUT2D eigenvalue weighted by Crippen LogP contribution is 2.35. The van der Waals surface area contributed by atoms with Crippen LogP contribution in [0.4, 0.5) is 13.2 Å². The Bertz CT molecular complexity index is 1220. The molecule has 4 aromatic carbocycles. The van der Waals surface area contributed by atoms with E-state index in [9.17, 15) is 8.78 Å². The summed E-state index contributed by atoms with van der Waals surface area (Å²) in [6, 6.07) is 15.5. The molecule has 0 N–H and O–H groups in total. The second kappa shape index (κ2) is 9.32. The predicted octanol–water partition coefficient (Wildman–Crippen LogP) is 9.24. The lowest BCUT2D eigenvalue weighted by Crippen LogP contribution is -1.92. The molecule has 0 unspecified atom stereocenters. The zero-order valence-electron chi connectivity index (χ0n) is 17.5. The van der Waals surface area contributed by atoms with Crippen molar-refractivity contribution in [3.63, 3.8) is 0 Å². The van der Waals surface area contributed by atoms with Gasteiger partial charge >= 0.3 is 0 Å². The number of fused-ring (bicyclic) bond motifs is 3. The normalized spacial score (nSPS) is 11.5. The van der Waals surface area contributed by atoms with Gasteiger partial charge in [0.05, 0.1) is 0 Å². The number of rotatable bonds is 7. The van der Waals surface area contributed by atoms with Crippen LogP contribution in [-0.2, 0) is 6.42 Å². The van der Waals surface area contributed by atoms with Gasteiger partial charge in [-0.1, -0.05) is 86.7 Å². The lowest BCUT2D eigenvalue weighted by molar-refractivity contribution is 0.584. The minimum atomic E-state index is -0.906. The summed E-state index contributed by atoms with van der Waals surface area (Å²) in [4.78, 5) is 0. The Kier molecular flexibility index (Phi) is 6.52. The van der Waals surface area contributed by atoms with E-state index >= 15 is 4.39 Å². The van der Waals surface area contributed by atoms with Crippen LogP contribution in [0.15, 0.2) is 54.6 Å². The average molecular weight is 441 g/mol. The summed E-state index contributed by atoms with van der Waals surface area (Å²) in [6.45, 7) is 2.21. The summed E-state index contributed by atoms with van der Waals surface area (Å²) in [7, 11) is 0. The predicted molar refractivity (Wildman–Crippen MR) is 124 cm³/mol. The van der Waals surface area contributed by atoms with E-state index in [4.69, 9.17) is 11.6 Å². The second-order valence-corrected chi connectivity index (χ2v) is 8.44. The summed E-state index contributed by atoms with van der Waals surface area (Å²) >= 11 is 5.56. The van der Waals surface area contributed by atoms with E-state index < -0.39 is 22.5 Å². The lowest BCUT2D eigenvalue weighted by atomic mass is 9.95. The first kappa shape index (κ1) is 21.7. The highest BCUT2D eigenvalue weighted by Gasteiger charge is 2.15. The minimum Gasteiger partial charge on any atom is -0.206 e. The Labute approximate surface area is 185 Å². The van der Waals surface area contributed by atoms with Crippen molar-refractivity contribution in [3.8, 4) is 11.1 Å². The number of halogens is 4. The Balaban J connectivity index is 1.68. The summed E-state index contributed by atoms with van der Waals surface area (Å²) in [6.07, 6.45) is 7.25. The molecule has 0 radical (unpaired) electrons. The third-order valence-electron chi connectivity index (χ3n) is 5.88. The van der Waals surface area contributed by atoms with Gasteiger partial charge in [-0.05, 0) is 52.3 Å². The molecule has 0 bridgehead atoms. The molecule has 0 saturated heterocycles. The molecule has 0 nitrogen and oxygen atoms in total. The standard InChI is InChI=1S/C27H24ClF3/c1-2-3-4-5-6-7-17-8-10-20-18(14-17)9-11-23-22(20)13-12-21(27(23)31)19-15-24(29)26(28)25(30)16-19/h8-16H,2-7H2,1H3. The molecule has 0 amide bonds. The molecule has 0 fully saturated rings. The highest BCUT2D eigenvalue weighted by molar-refractivity contribution is 6.31. The van der Waals surface area contributed by atoms with Gasteiger partial charge in [0.1, 0.15) is 22.5 Å². The van der Waals surface area contributed by atoms with Gasteiger partial charge in [-0.2, -0.15) is 0 Å². The summed E-state index contributed by atoms with van der Waals surface area (Å²) in [5, 5.41) is 2.65. The molecular weight excluding hydrogens is 417 g/mol. The van der Waals surface area contributed by atoms with Gasteiger partial charge in [0.15, 0.2) is 0 Å². The van der Waals surface area contributed by atoms with Crippen molar-refractivity contribution in [1.29, 1.82) is 0 Å². The van der Waals surface area contributed by atoms with E-state index in [0.29, 0.717) is 5.39 Å². The fourth-order valence-corrected chi connectivity index (χ4v) is 4.29. The van der Waals surface area contributed by atoms with Crippen molar-refractivity contribution >= 4 is 33.1 Å². The fourth-order valence-electron chi connectivity index (χ4n) is 4.18. The first-order valence-corrected chi connectivity index (χ1v) is 11.2. The van der Waals surface area contributed by atoms with Crippen LogP contribution in [0.5, 0.6) is 0 Å². The van der Waals surface area contributed by atoms with Crippen LogP contribution in [0.3, 0.4) is 0 Å². The number of hydrogen-bond donors (Lipinski definition) is 0. The molecule has 0 saturated carbocycles. The molecule has 31 heavy (non-hydrogen) atoms. The molecule has 0 aliphatic rings. The van der Waals surface area contributed by atoms with Gasteiger partial charge in [-0.15, -0.1) is 0 Å². The molecular formula is C27H24ClF3. The van der Waals surface area contributed by atoms with Gasteiger partial charge in [-0.25, -0.2) is 13.2 Å². The van der Waals surface area contributed by atoms with Crippen LogP contribution in [0.25, 0.3) is 32.7 Å². The van der Waals surface area contributed by atoms with Gasteiger partial charge in [0.2, 0.25) is 0 Å². The molecule has 4 aromatic rings. The maximum atomic E-state index is 15.3. The molecule has 0 atom stereocenters. The van der Waals surface area contributed by atoms with Crippen LogP contribution < -0.4 is 0 Å². The van der Waals surface area contributed by atoms with Gasteiger partial charge < -0.3 is 0 Å². The van der Waals surface area contributed by atoms with Crippen molar-refractivity contribution < 1.29 is 13.2 Å². The van der Waals surface area contributed by atoms with Crippen molar-refractivity contribution in [3.05, 3.63) is 82.6 Å². The Morgan fingerprint density at radius 2 is 1.39 bits per heavy atom. The van der Waals surface area contributed by atoms with Crippen molar-refractivity contribution in [1.82, 2.24) is 0 Å². The zero-order valence-corrected chi connectivity index (χ0v) is 18.2. The van der Waals surface area contributed by atoms with Crippen molar-refractivity contribution in [2.75, 3.05) is 0 Å². The average Bonchev–Trinajstić information content (AvgIpc) is 2.77. The Hall–Kier alpha value is -2.52. The summed E-state index contributed by atoms with van der Waals surface area (Å²) < 4.78 is 43.1. The van der Waals surface area contributed by atoms with E-state index in [1.54, 1.807) is 12.1 Å². The quantitative estimate of drug-likeness (QED) is 0.152. The SMILES string of the molecule is CCCCCCCc1ccc2c(ccc3c(F)c(-c4cc(F)c(Cl)c(F)c4)ccc32)c1. The Morgan fingerprint density at radius 3 is 2.13 bits per heavy atom. The third kappa shape index (κ3) is 4.43.